The fraction of sp³-hybridized carbons (Fsp3) is 0.733. The number of aliphatic hydroxyl groups excluding tert-OH is 1. The number of allylic oxidation sites excluding steroid dienone is 2. The zero-order valence-corrected chi connectivity index (χ0v) is 28.3. The minimum atomic E-state index is -2.11. The zero-order chi connectivity index (χ0) is 29.0. The summed E-state index contributed by atoms with van der Waals surface area (Å²) in [7, 11) is -2.31. The molecule has 1 rings (SSSR count). The van der Waals surface area contributed by atoms with Crippen LogP contribution in [0.4, 0.5) is 0 Å². The molecule has 1 aromatic carbocycles. The predicted octanol–water partition coefficient (Wildman–Crippen LogP) is 8.00. The molecule has 37 heavy (non-hydrogen) atoms. The van der Waals surface area contributed by atoms with Crippen LogP contribution >= 0.6 is 0 Å². The van der Waals surface area contributed by atoms with Gasteiger partial charge in [-0.2, -0.15) is 0 Å². The van der Waals surface area contributed by atoms with Crippen molar-refractivity contribution in [1.82, 2.24) is 0 Å². The molecule has 1 atom stereocenters. The van der Waals surface area contributed by atoms with Crippen LogP contribution in [0.15, 0.2) is 23.8 Å². The van der Waals surface area contributed by atoms with Crippen molar-refractivity contribution in [3.63, 3.8) is 0 Å². The topological polar surface area (TPSA) is 68.2 Å². The maximum absolute atomic E-state index is 10.2. The Bertz CT molecular complexity index is 916. The highest BCUT2D eigenvalue weighted by Gasteiger charge is 2.40. The van der Waals surface area contributed by atoms with Gasteiger partial charge in [0.15, 0.2) is 14.1 Å². The summed E-state index contributed by atoms with van der Waals surface area (Å²) in [4.78, 5) is 0. The molecule has 0 saturated carbocycles. The number of hydrogen-bond donors (Lipinski definition) is 2. The van der Waals surface area contributed by atoms with Gasteiger partial charge in [0.1, 0.15) is 5.75 Å². The van der Waals surface area contributed by atoms with E-state index in [1.165, 1.54) is 5.57 Å². The Balaban J connectivity index is 3.38. The lowest BCUT2D eigenvalue weighted by Gasteiger charge is -2.38. The van der Waals surface area contributed by atoms with Crippen LogP contribution in [-0.2, 0) is 17.5 Å². The number of rotatable bonds is 12. The third-order valence-corrected chi connectivity index (χ3v) is 17.1. The second-order valence-corrected chi connectivity index (χ2v) is 23.7. The van der Waals surface area contributed by atoms with Gasteiger partial charge in [0, 0.05) is 5.56 Å². The largest absolute Gasteiger partial charge is 0.541 e. The summed E-state index contributed by atoms with van der Waals surface area (Å²) < 4.78 is 19.2. The van der Waals surface area contributed by atoms with Crippen molar-refractivity contribution in [2.24, 2.45) is 0 Å². The Morgan fingerprint density at radius 3 is 1.95 bits per heavy atom. The maximum Gasteiger partial charge on any atom is 0.250 e. The summed E-state index contributed by atoms with van der Waals surface area (Å²) in [5.41, 5.74) is 2.24. The molecule has 2 N–H and O–H groups in total. The lowest BCUT2D eigenvalue weighted by atomic mass is 9.95. The van der Waals surface area contributed by atoms with Crippen LogP contribution in [-0.4, -0.2) is 45.7 Å². The van der Waals surface area contributed by atoms with Crippen molar-refractivity contribution < 1.29 is 23.8 Å². The molecule has 0 aromatic heterocycles. The van der Waals surface area contributed by atoms with Crippen molar-refractivity contribution in [1.29, 1.82) is 0 Å². The maximum atomic E-state index is 10.2. The summed E-state index contributed by atoms with van der Waals surface area (Å²) in [6, 6.07) is 4.27. The van der Waals surface area contributed by atoms with Crippen molar-refractivity contribution in [2.45, 2.75) is 136 Å². The van der Waals surface area contributed by atoms with Crippen LogP contribution in [0.1, 0.15) is 86.3 Å². The molecule has 0 aliphatic heterocycles. The van der Waals surface area contributed by atoms with Crippen molar-refractivity contribution >= 4 is 16.6 Å². The first-order valence-corrected chi connectivity index (χ1v) is 19.4. The monoisotopic (exact) mass is 552 g/mol. The molecule has 0 aliphatic carbocycles. The highest BCUT2D eigenvalue weighted by atomic mass is 28.4. The predicted molar refractivity (Wildman–Crippen MR) is 162 cm³/mol. The van der Waals surface area contributed by atoms with Gasteiger partial charge < -0.3 is 23.8 Å². The zero-order valence-electron chi connectivity index (χ0n) is 26.3. The Hall–Kier alpha value is -1.13. The van der Waals surface area contributed by atoms with Crippen LogP contribution < -0.4 is 9.16 Å². The van der Waals surface area contributed by atoms with E-state index in [9.17, 15) is 10.2 Å². The molecule has 0 spiro atoms. The SMILES string of the molecule is COc1cc(CO[Si](C)(C)C(C)(C)C)cc(C/C=C(\C)CCC(O)C(C)(C)O)c1O[Si](C)(C)C(C)(C)C. The number of benzene rings is 1. The molecule has 0 saturated heterocycles. The fourth-order valence-electron chi connectivity index (χ4n) is 3.22. The highest BCUT2D eigenvalue weighted by Crippen LogP contribution is 2.43. The number of ether oxygens (including phenoxy) is 1. The molecule has 7 heteroatoms. The van der Waals surface area contributed by atoms with Gasteiger partial charge in [0.2, 0.25) is 0 Å². The van der Waals surface area contributed by atoms with Gasteiger partial charge in [-0.15, -0.1) is 0 Å². The Morgan fingerprint density at radius 2 is 1.49 bits per heavy atom. The smallest absolute Gasteiger partial charge is 0.250 e. The van der Waals surface area contributed by atoms with E-state index in [0.717, 1.165) is 29.0 Å². The molecule has 0 bridgehead atoms. The van der Waals surface area contributed by atoms with Crippen molar-refractivity contribution in [3.05, 3.63) is 34.9 Å². The van der Waals surface area contributed by atoms with Gasteiger partial charge in [-0.05, 0) is 94.0 Å². The summed E-state index contributed by atoms with van der Waals surface area (Å²) in [6.45, 7) is 28.4. The van der Waals surface area contributed by atoms with Crippen molar-refractivity contribution in [3.8, 4) is 11.5 Å². The van der Waals surface area contributed by atoms with Crippen LogP contribution in [0, 0.1) is 0 Å². The van der Waals surface area contributed by atoms with E-state index in [1.807, 2.05) is 0 Å². The van der Waals surface area contributed by atoms with Gasteiger partial charge in [-0.1, -0.05) is 53.2 Å². The molecule has 0 fully saturated rings. The molecule has 214 valence electrons. The number of hydrogen-bond acceptors (Lipinski definition) is 5. The Kier molecular flexibility index (Phi) is 11.3. The molecule has 0 radical (unpaired) electrons. The van der Waals surface area contributed by atoms with E-state index in [4.69, 9.17) is 13.6 Å². The average Bonchev–Trinajstić information content (AvgIpc) is 2.72. The second kappa shape index (κ2) is 12.4. The molecular formula is C30H56O5Si2. The first-order valence-electron chi connectivity index (χ1n) is 13.6. The highest BCUT2D eigenvalue weighted by molar-refractivity contribution is 6.75. The quantitative estimate of drug-likeness (QED) is 0.203. The minimum Gasteiger partial charge on any atom is -0.541 e. The van der Waals surface area contributed by atoms with Gasteiger partial charge in [0.05, 0.1) is 25.4 Å². The minimum absolute atomic E-state index is 0.0540. The molecular weight excluding hydrogens is 496 g/mol. The fourth-order valence-corrected chi connectivity index (χ4v) is 5.23. The second-order valence-electron chi connectivity index (χ2n) is 14.2. The van der Waals surface area contributed by atoms with E-state index in [-0.39, 0.29) is 10.1 Å². The molecule has 0 aliphatic rings. The van der Waals surface area contributed by atoms with E-state index < -0.39 is 28.3 Å². The summed E-state index contributed by atoms with van der Waals surface area (Å²) in [5.74, 6) is 1.57. The molecule has 5 nitrogen and oxygen atoms in total. The van der Waals surface area contributed by atoms with Gasteiger partial charge in [-0.25, -0.2) is 0 Å². The standard InChI is InChI=1S/C30H56O5Si2/c1-22(16-18-26(31)30(8,9)32)15-17-24-19-23(21-34-36(11,12)28(2,3)4)20-25(33-10)27(24)35-37(13,14)29(5,6)7/h15,19-20,26,31-32H,16-18,21H2,1-14H3/b22-15+. The van der Waals surface area contributed by atoms with Crippen LogP contribution in [0.5, 0.6) is 11.5 Å². The summed E-state index contributed by atoms with van der Waals surface area (Å²) >= 11 is 0. The van der Waals surface area contributed by atoms with Crippen LogP contribution in [0.25, 0.3) is 0 Å². The molecule has 1 aromatic rings. The summed E-state index contributed by atoms with van der Waals surface area (Å²) in [5, 5.41) is 20.5. The van der Waals surface area contributed by atoms with E-state index in [2.05, 4.69) is 92.9 Å². The van der Waals surface area contributed by atoms with Crippen molar-refractivity contribution in [2.75, 3.05) is 7.11 Å². The molecule has 1 unspecified atom stereocenters. The molecule has 0 amide bonds. The van der Waals surface area contributed by atoms with Gasteiger partial charge in [0.25, 0.3) is 8.32 Å². The first-order chi connectivity index (χ1) is 16.5. The normalized spacial score (nSPS) is 15.1. The molecule has 0 heterocycles. The van der Waals surface area contributed by atoms with Gasteiger partial charge in [-0.3, -0.25) is 0 Å². The Morgan fingerprint density at radius 1 is 0.946 bits per heavy atom. The van der Waals surface area contributed by atoms with E-state index in [0.29, 0.717) is 19.4 Å². The lowest BCUT2D eigenvalue weighted by Crippen LogP contribution is -2.44. The van der Waals surface area contributed by atoms with E-state index in [1.54, 1.807) is 21.0 Å². The number of methoxy groups -OCH3 is 1. The third kappa shape index (κ3) is 9.84. The van der Waals surface area contributed by atoms with Gasteiger partial charge >= 0.3 is 0 Å². The average molecular weight is 553 g/mol. The van der Waals surface area contributed by atoms with Crippen LogP contribution in [0.2, 0.25) is 36.3 Å². The lowest BCUT2D eigenvalue weighted by molar-refractivity contribution is -0.0509. The first kappa shape index (κ1) is 33.9. The number of aliphatic hydroxyl groups is 2. The summed E-state index contributed by atoms with van der Waals surface area (Å²) in [6.07, 6.45) is 3.36. The van der Waals surface area contributed by atoms with E-state index >= 15 is 0 Å². The van der Waals surface area contributed by atoms with Crippen LogP contribution in [0.3, 0.4) is 0 Å². The third-order valence-electron chi connectivity index (χ3n) is 8.28. The Labute approximate surface area is 229 Å².